The van der Waals surface area contributed by atoms with Gasteiger partial charge in [-0.2, -0.15) is 18.2 Å². The van der Waals surface area contributed by atoms with Crippen molar-refractivity contribution in [3.8, 4) is 17.1 Å². The highest BCUT2D eigenvalue weighted by Gasteiger charge is 2.39. The molecule has 1 unspecified atom stereocenters. The van der Waals surface area contributed by atoms with Gasteiger partial charge < -0.3 is 30.5 Å². The van der Waals surface area contributed by atoms with E-state index in [2.05, 4.69) is 20.6 Å². The summed E-state index contributed by atoms with van der Waals surface area (Å²) in [5.41, 5.74) is 0.228. The largest absolute Gasteiger partial charge is 0.475 e. The van der Waals surface area contributed by atoms with E-state index < -0.39 is 30.5 Å². The molecule has 13 heteroatoms. The average Bonchev–Trinajstić information content (AvgIpc) is 2.92. The first-order valence-corrected chi connectivity index (χ1v) is 12.6. The smallest absolute Gasteiger partial charge is 0.416 e. The van der Waals surface area contributed by atoms with Gasteiger partial charge in [0.2, 0.25) is 11.8 Å². The van der Waals surface area contributed by atoms with Crippen molar-refractivity contribution in [1.82, 2.24) is 9.97 Å². The number of alkyl halides is 3. The molecule has 0 spiro atoms. The number of ether oxygens (including phenoxy) is 1. The van der Waals surface area contributed by atoms with E-state index in [1.807, 2.05) is 4.90 Å². The summed E-state index contributed by atoms with van der Waals surface area (Å²) in [5, 5.41) is 24.7. The standard InChI is InChI=1S/C26H25ClF3N5O4/c27-18-10-20-24(34-23(18)14-3-1-4-15(9-14)26(28,29)30)31-16-7-8-19(35(20)11-16)25(38)33-21-5-2-6-22(32-21)39-13-17(37)12-36/h1-6,9-10,16-17,19,36-37H,7-8,11-13H2,(H,31,34)(H,32,33,38)/t16-,17-,19?/m0/s1. The second kappa shape index (κ2) is 10.9. The minimum absolute atomic E-state index is 0.00242. The number of halogens is 4. The monoisotopic (exact) mass is 563 g/mol. The van der Waals surface area contributed by atoms with Crippen molar-refractivity contribution >= 4 is 34.8 Å². The van der Waals surface area contributed by atoms with E-state index in [9.17, 15) is 23.1 Å². The first-order chi connectivity index (χ1) is 18.6. The van der Waals surface area contributed by atoms with Gasteiger partial charge in [-0.3, -0.25) is 4.79 Å². The van der Waals surface area contributed by atoms with Gasteiger partial charge in [0.1, 0.15) is 24.6 Å². The number of aliphatic hydroxyl groups is 2. The maximum Gasteiger partial charge on any atom is 0.416 e. The van der Waals surface area contributed by atoms with Crippen LogP contribution in [0.2, 0.25) is 5.02 Å². The second-order valence-electron chi connectivity index (χ2n) is 9.35. The fourth-order valence-electron chi connectivity index (χ4n) is 4.68. The third-order valence-electron chi connectivity index (χ3n) is 6.56. The number of carbonyl (C=O) groups excluding carboxylic acids is 1. The quantitative estimate of drug-likeness (QED) is 0.341. The Bertz CT molecular complexity index is 1380. The number of hydrogen-bond donors (Lipinski definition) is 4. The Hall–Kier alpha value is -3.61. The van der Waals surface area contributed by atoms with Crippen LogP contribution in [-0.4, -0.2) is 64.0 Å². The number of fused-ring (bicyclic) bond motifs is 4. The van der Waals surface area contributed by atoms with Gasteiger partial charge in [0.15, 0.2) is 5.82 Å². The van der Waals surface area contributed by atoms with Crippen LogP contribution in [0.15, 0.2) is 48.5 Å². The van der Waals surface area contributed by atoms with Crippen molar-refractivity contribution in [2.24, 2.45) is 0 Å². The van der Waals surface area contributed by atoms with Gasteiger partial charge in [0.25, 0.3) is 0 Å². The molecule has 2 bridgehead atoms. The zero-order valence-corrected chi connectivity index (χ0v) is 21.2. The number of amides is 1. The predicted molar refractivity (Wildman–Crippen MR) is 139 cm³/mol. The van der Waals surface area contributed by atoms with Gasteiger partial charge in [-0.25, -0.2) is 4.98 Å². The first kappa shape index (κ1) is 27.0. The van der Waals surface area contributed by atoms with Gasteiger partial charge in [-0.1, -0.05) is 29.8 Å². The molecular formula is C26H25ClF3N5O4. The fraction of sp³-hybridized carbons (Fsp3) is 0.346. The van der Waals surface area contributed by atoms with Crippen LogP contribution >= 0.6 is 11.6 Å². The van der Waals surface area contributed by atoms with Crippen LogP contribution in [0.1, 0.15) is 18.4 Å². The van der Waals surface area contributed by atoms with Crippen LogP contribution in [0.4, 0.5) is 30.5 Å². The number of rotatable bonds is 7. The summed E-state index contributed by atoms with van der Waals surface area (Å²) in [7, 11) is 0. The number of hydrogen-bond acceptors (Lipinski definition) is 8. The molecule has 3 atom stereocenters. The predicted octanol–water partition coefficient (Wildman–Crippen LogP) is 3.95. The Morgan fingerprint density at radius 2 is 2.00 bits per heavy atom. The second-order valence-corrected chi connectivity index (χ2v) is 9.76. The molecule has 2 aliphatic rings. The SMILES string of the molecule is O=C(Nc1cccc(OC[C@@H](O)CO)n1)C1CC[C@H]2CN1c1cc(Cl)c(-c3cccc(C(F)(F)F)c3)nc1N2. The van der Waals surface area contributed by atoms with E-state index in [1.54, 1.807) is 24.3 Å². The lowest BCUT2D eigenvalue weighted by Gasteiger charge is -2.45. The fourth-order valence-corrected chi connectivity index (χ4v) is 4.93. The van der Waals surface area contributed by atoms with Crippen LogP contribution in [0.3, 0.4) is 0 Å². The number of aliphatic hydroxyl groups excluding tert-OH is 2. The molecule has 5 rings (SSSR count). The Balaban J connectivity index is 1.37. The number of piperidine rings is 1. The van der Waals surface area contributed by atoms with E-state index in [-0.39, 0.29) is 46.5 Å². The number of benzene rings is 1. The number of nitrogens with one attached hydrogen (secondary N) is 2. The molecule has 1 fully saturated rings. The van der Waals surface area contributed by atoms with Crippen LogP contribution < -0.4 is 20.3 Å². The third-order valence-corrected chi connectivity index (χ3v) is 6.85. The molecule has 2 aliphatic heterocycles. The van der Waals surface area contributed by atoms with Crippen molar-refractivity contribution in [3.05, 3.63) is 59.1 Å². The Morgan fingerprint density at radius 3 is 2.77 bits per heavy atom. The van der Waals surface area contributed by atoms with Crippen LogP contribution in [-0.2, 0) is 11.0 Å². The molecule has 3 aromatic rings. The molecule has 206 valence electrons. The normalized spacial score (nSPS) is 19.1. The Labute approximate surface area is 226 Å². The summed E-state index contributed by atoms with van der Waals surface area (Å²) in [6, 6.07) is 10.7. The zero-order valence-electron chi connectivity index (χ0n) is 20.5. The highest BCUT2D eigenvalue weighted by Crippen LogP contribution is 2.42. The van der Waals surface area contributed by atoms with Crippen molar-refractivity contribution in [2.45, 2.75) is 37.2 Å². The maximum absolute atomic E-state index is 13.3. The molecule has 9 nitrogen and oxygen atoms in total. The van der Waals surface area contributed by atoms with Crippen molar-refractivity contribution < 1.29 is 32.9 Å². The van der Waals surface area contributed by atoms with Crippen LogP contribution in [0.25, 0.3) is 11.3 Å². The summed E-state index contributed by atoms with van der Waals surface area (Å²) in [6.45, 7) is -0.0913. The number of carbonyl (C=O) groups is 1. The van der Waals surface area contributed by atoms with Gasteiger partial charge in [0.05, 0.1) is 28.6 Å². The summed E-state index contributed by atoms with van der Waals surface area (Å²) in [5.74, 6) is 0.565. The molecule has 1 saturated heterocycles. The number of pyridine rings is 2. The molecule has 39 heavy (non-hydrogen) atoms. The summed E-state index contributed by atoms with van der Waals surface area (Å²) in [6.07, 6.45) is -4.34. The molecule has 4 heterocycles. The lowest BCUT2D eigenvalue weighted by atomic mass is 9.94. The number of anilines is 3. The highest BCUT2D eigenvalue weighted by molar-refractivity contribution is 6.33. The molecule has 4 N–H and O–H groups in total. The Kier molecular flexibility index (Phi) is 7.52. The van der Waals surface area contributed by atoms with Gasteiger partial charge >= 0.3 is 6.18 Å². The Morgan fingerprint density at radius 1 is 1.21 bits per heavy atom. The first-order valence-electron chi connectivity index (χ1n) is 12.2. The van der Waals surface area contributed by atoms with E-state index in [1.165, 1.54) is 12.1 Å². The minimum atomic E-state index is -4.50. The van der Waals surface area contributed by atoms with Crippen molar-refractivity contribution in [3.63, 3.8) is 0 Å². The average molecular weight is 564 g/mol. The van der Waals surface area contributed by atoms with Crippen molar-refractivity contribution in [2.75, 3.05) is 35.3 Å². The maximum atomic E-state index is 13.3. The molecule has 0 aliphatic carbocycles. The number of nitrogens with zero attached hydrogens (tertiary/aromatic N) is 3. The molecule has 0 radical (unpaired) electrons. The lowest BCUT2D eigenvalue weighted by molar-refractivity contribution is -0.137. The lowest BCUT2D eigenvalue weighted by Crippen LogP contribution is -2.55. The summed E-state index contributed by atoms with van der Waals surface area (Å²) >= 11 is 6.52. The molecule has 2 aromatic heterocycles. The highest BCUT2D eigenvalue weighted by atomic mass is 35.5. The van der Waals surface area contributed by atoms with Crippen LogP contribution in [0.5, 0.6) is 5.88 Å². The topological polar surface area (TPSA) is 120 Å². The molecule has 1 aromatic carbocycles. The van der Waals surface area contributed by atoms with Gasteiger partial charge in [-0.15, -0.1) is 0 Å². The molecule has 0 saturated carbocycles. The minimum Gasteiger partial charge on any atom is -0.475 e. The van der Waals surface area contributed by atoms with E-state index >= 15 is 0 Å². The van der Waals surface area contributed by atoms with Crippen LogP contribution in [0, 0.1) is 0 Å². The van der Waals surface area contributed by atoms with Gasteiger partial charge in [0, 0.05) is 24.2 Å². The number of aromatic nitrogens is 2. The zero-order chi connectivity index (χ0) is 27.7. The molecule has 1 amide bonds. The molecular weight excluding hydrogens is 539 g/mol. The van der Waals surface area contributed by atoms with E-state index in [4.69, 9.17) is 21.4 Å². The van der Waals surface area contributed by atoms with E-state index in [0.717, 1.165) is 12.1 Å². The summed E-state index contributed by atoms with van der Waals surface area (Å²) in [4.78, 5) is 24.0. The van der Waals surface area contributed by atoms with E-state index in [0.29, 0.717) is 30.9 Å². The van der Waals surface area contributed by atoms with Crippen molar-refractivity contribution in [1.29, 1.82) is 0 Å². The van der Waals surface area contributed by atoms with Gasteiger partial charge in [-0.05, 0) is 37.1 Å². The summed E-state index contributed by atoms with van der Waals surface area (Å²) < 4.78 is 45.1. The third kappa shape index (κ3) is 5.87.